The van der Waals surface area contributed by atoms with E-state index in [9.17, 15) is 14.4 Å². The predicted molar refractivity (Wildman–Crippen MR) is 374 cm³/mol. The van der Waals surface area contributed by atoms with Gasteiger partial charge in [-0.2, -0.15) is 0 Å². The zero-order valence-corrected chi connectivity index (χ0v) is 54.6. The summed E-state index contributed by atoms with van der Waals surface area (Å²) in [5.74, 6) is 3.58. The summed E-state index contributed by atoms with van der Waals surface area (Å²) in [6.07, 6.45) is 0. The summed E-state index contributed by atoms with van der Waals surface area (Å²) in [5, 5.41) is 0. The first-order valence-corrected chi connectivity index (χ1v) is 30.1. The van der Waals surface area contributed by atoms with E-state index in [0.717, 1.165) is 45.3 Å². The van der Waals surface area contributed by atoms with Gasteiger partial charge in [0.2, 0.25) is 0 Å². The van der Waals surface area contributed by atoms with Crippen molar-refractivity contribution in [3.05, 3.63) is 368 Å². The highest BCUT2D eigenvalue weighted by Crippen LogP contribution is 2.32. The van der Waals surface area contributed by atoms with E-state index in [2.05, 4.69) is 128 Å². The Morgan fingerprint density at radius 2 is 0.393 bits per heavy atom. The van der Waals surface area contributed by atoms with Crippen molar-refractivity contribution in [2.24, 2.45) is 0 Å². The van der Waals surface area contributed by atoms with E-state index >= 15 is 0 Å². The quantitative estimate of drug-likeness (QED) is 0.128. The standard InChI is InChI=1S/C20H18O2.C17H20.C15H14O.2C9H10O.C8H10.C6H6/c1-15-3-7-17(8-4-15)21-19-11-13-20(14-12-19)22-18-9-5-16(2)6-10-18;1-13-5-9-15(10-6-13)17(3,4)16-11-7-14(2)8-12-16;1-11-3-7-13(8-4-11)15(16)14-9-5-12(2)6-10-14;2*1-7-3-5-9(6-4-7)8(2)10;1-7-3-5-8(2)6-4-7;1-2-4-6-5-3-1/h3-14H,1-2H3;5-12H,1-4H3;3-10H,1-2H3;2*3-6H,1-2H3;3-6H,1-2H3;1-6H. The smallest absolute Gasteiger partial charge is 0.193 e. The molecule has 0 fully saturated rings. The van der Waals surface area contributed by atoms with Crippen molar-refractivity contribution in [2.45, 2.75) is 102 Å². The molecule has 454 valence electrons. The maximum atomic E-state index is 12.1. The number of benzene rings is 11. The fourth-order valence-corrected chi connectivity index (χ4v) is 8.34. The largest absolute Gasteiger partial charge is 0.457 e. The van der Waals surface area contributed by atoms with Crippen LogP contribution < -0.4 is 9.47 Å². The number of hydrogen-bond donors (Lipinski definition) is 0. The van der Waals surface area contributed by atoms with Gasteiger partial charge in [0.15, 0.2) is 17.3 Å². The van der Waals surface area contributed by atoms with Gasteiger partial charge >= 0.3 is 0 Å². The van der Waals surface area contributed by atoms with Crippen molar-refractivity contribution in [3.8, 4) is 23.0 Å². The molecule has 0 atom stereocenters. The highest BCUT2D eigenvalue weighted by molar-refractivity contribution is 6.09. The van der Waals surface area contributed by atoms with Gasteiger partial charge in [0.25, 0.3) is 0 Å². The van der Waals surface area contributed by atoms with Gasteiger partial charge in [-0.15, -0.1) is 0 Å². The number of carbonyl (C=O) groups excluding carboxylic acids is 3. The van der Waals surface area contributed by atoms with Gasteiger partial charge in [0, 0.05) is 27.7 Å². The molecule has 0 aliphatic rings. The maximum absolute atomic E-state index is 12.1. The van der Waals surface area contributed by atoms with Crippen molar-refractivity contribution in [3.63, 3.8) is 0 Å². The van der Waals surface area contributed by atoms with Crippen LogP contribution in [-0.2, 0) is 5.41 Å². The first-order chi connectivity index (χ1) is 42.5. The molecule has 0 unspecified atom stereocenters. The van der Waals surface area contributed by atoms with Crippen LogP contribution in [0.4, 0.5) is 0 Å². The van der Waals surface area contributed by atoms with E-state index in [-0.39, 0.29) is 22.8 Å². The van der Waals surface area contributed by atoms with E-state index in [0.29, 0.717) is 0 Å². The normalized spacial score (nSPS) is 10.0. The average molecular weight is 1180 g/mol. The van der Waals surface area contributed by atoms with Gasteiger partial charge in [0.05, 0.1) is 0 Å². The second-order valence-electron chi connectivity index (χ2n) is 22.9. The van der Waals surface area contributed by atoms with Crippen LogP contribution in [0.25, 0.3) is 0 Å². The lowest BCUT2D eigenvalue weighted by molar-refractivity contribution is 0.100. The van der Waals surface area contributed by atoms with Crippen LogP contribution in [0.1, 0.15) is 131 Å². The first kappa shape index (κ1) is 69.8. The number of carbonyl (C=O) groups is 3. The molecule has 0 amide bonds. The predicted octanol–water partition coefficient (Wildman–Crippen LogP) is 22.4. The molecule has 0 radical (unpaired) electrons. The fourth-order valence-electron chi connectivity index (χ4n) is 8.34. The Balaban J connectivity index is 0.000000196. The lowest BCUT2D eigenvalue weighted by Crippen LogP contribution is -2.18. The van der Waals surface area contributed by atoms with Gasteiger partial charge in [-0.05, 0) is 143 Å². The Kier molecular flexibility index (Phi) is 28.4. The molecule has 0 aliphatic heterocycles. The molecule has 0 bridgehead atoms. The van der Waals surface area contributed by atoms with E-state index < -0.39 is 0 Å². The summed E-state index contributed by atoms with van der Waals surface area (Å²) in [7, 11) is 0. The number of hydrogen-bond acceptors (Lipinski definition) is 5. The minimum Gasteiger partial charge on any atom is -0.457 e. The van der Waals surface area contributed by atoms with Crippen LogP contribution in [0.2, 0.25) is 0 Å². The maximum Gasteiger partial charge on any atom is 0.193 e. The Labute approximate surface area is 531 Å². The molecule has 11 aromatic carbocycles. The summed E-state index contributed by atoms with van der Waals surface area (Å²) in [6.45, 7) is 28.3. The lowest BCUT2D eigenvalue weighted by atomic mass is 9.78. The highest BCUT2D eigenvalue weighted by atomic mass is 16.5. The third-order valence-corrected chi connectivity index (χ3v) is 14.3. The summed E-state index contributed by atoms with van der Waals surface area (Å²) in [6, 6.07) is 92.2. The summed E-state index contributed by atoms with van der Waals surface area (Å²) < 4.78 is 11.6. The number of rotatable bonds is 10. The van der Waals surface area contributed by atoms with Crippen molar-refractivity contribution in [1.29, 1.82) is 0 Å². The van der Waals surface area contributed by atoms with Gasteiger partial charge in [-0.25, -0.2) is 0 Å². The molecule has 0 aliphatic carbocycles. The Morgan fingerprint density at radius 3 is 0.596 bits per heavy atom. The van der Waals surface area contributed by atoms with Crippen molar-refractivity contribution in [1.82, 2.24) is 0 Å². The lowest BCUT2D eigenvalue weighted by Gasteiger charge is -2.26. The zero-order valence-electron chi connectivity index (χ0n) is 54.6. The molecular formula is C84H88O5. The van der Waals surface area contributed by atoms with Crippen LogP contribution in [0.15, 0.2) is 279 Å². The third kappa shape index (κ3) is 25.9. The van der Waals surface area contributed by atoms with Crippen molar-refractivity contribution >= 4 is 17.3 Å². The summed E-state index contributed by atoms with van der Waals surface area (Å²) in [5.41, 5.74) is 18.3. The molecule has 5 heteroatoms. The van der Waals surface area contributed by atoms with Crippen molar-refractivity contribution < 1.29 is 23.9 Å². The van der Waals surface area contributed by atoms with Crippen LogP contribution in [0.5, 0.6) is 23.0 Å². The molecule has 0 N–H and O–H groups in total. The third-order valence-electron chi connectivity index (χ3n) is 14.3. The molecule has 0 aromatic heterocycles. The van der Waals surface area contributed by atoms with Crippen LogP contribution >= 0.6 is 0 Å². The summed E-state index contributed by atoms with van der Waals surface area (Å²) >= 11 is 0. The number of Topliss-reactive ketones (excluding diaryl/α,β-unsaturated/α-hetero) is 2. The van der Waals surface area contributed by atoms with Crippen LogP contribution in [0, 0.1) is 69.2 Å². The second kappa shape index (κ2) is 36.2. The average Bonchev–Trinajstić information content (AvgIpc) is 3.69. The van der Waals surface area contributed by atoms with E-state index in [1.54, 1.807) is 13.8 Å². The molecule has 0 saturated heterocycles. The second-order valence-corrected chi connectivity index (χ2v) is 22.9. The molecule has 89 heavy (non-hydrogen) atoms. The number of ketones is 3. The fraction of sp³-hybridized carbons (Fsp3) is 0.179. The van der Waals surface area contributed by atoms with E-state index in [1.165, 1.54) is 66.8 Å². The molecule has 5 nitrogen and oxygen atoms in total. The van der Waals surface area contributed by atoms with Gasteiger partial charge in [0.1, 0.15) is 23.0 Å². The monoisotopic (exact) mass is 1180 g/mol. The molecule has 0 saturated carbocycles. The van der Waals surface area contributed by atoms with E-state index in [1.807, 2.05) is 234 Å². The van der Waals surface area contributed by atoms with Crippen LogP contribution in [-0.4, -0.2) is 17.3 Å². The number of ether oxygens (including phenoxy) is 2. The number of aryl methyl sites for hydroxylation is 10. The topological polar surface area (TPSA) is 69.7 Å². The molecular weight excluding hydrogens is 1090 g/mol. The zero-order chi connectivity index (χ0) is 64.7. The van der Waals surface area contributed by atoms with Gasteiger partial charge in [-0.3, -0.25) is 14.4 Å². The molecule has 0 spiro atoms. The highest BCUT2D eigenvalue weighted by Gasteiger charge is 2.22. The van der Waals surface area contributed by atoms with Gasteiger partial charge in [-0.1, -0.05) is 300 Å². The minimum absolute atomic E-state index is 0.0708. The van der Waals surface area contributed by atoms with Crippen molar-refractivity contribution in [2.75, 3.05) is 0 Å². The Morgan fingerprint density at radius 1 is 0.236 bits per heavy atom. The minimum atomic E-state index is 0.0708. The molecule has 11 rings (SSSR count). The molecule has 0 heterocycles. The SMILES string of the molecule is CC(=O)c1ccc(C)cc1.CC(=O)c1ccc(C)cc1.Cc1ccc(C(=O)c2ccc(C)cc2)cc1.Cc1ccc(C(C)(C)c2ccc(C)cc2)cc1.Cc1ccc(C)cc1.Cc1ccc(Oc2ccc(Oc3ccc(C)cc3)cc2)cc1.c1ccccc1. The van der Waals surface area contributed by atoms with E-state index in [4.69, 9.17) is 9.47 Å². The van der Waals surface area contributed by atoms with Crippen LogP contribution in [0.3, 0.4) is 0 Å². The Hall–Kier alpha value is -9.97. The molecule has 11 aromatic rings. The first-order valence-electron chi connectivity index (χ1n) is 30.1. The Bertz CT molecular complexity index is 3540. The summed E-state index contributed by atoms with van der Waals surface area (Å²) in [4.78, 5) is 33.6. The van der Waals surface area contributed by atoms with Gasteiger partial charge < -0.3 is 9.47 Å².